The molecule has 68 heavy (non-hydrogen) atoms. The number of pyridine rings is 2. The number of methoxy groups -OCH3 is 1. The number of anilines is 1. The number of carbonyl (C=O) groups excluding carboxylic acids is 6. The van der Waals surface area contributed by atoms with E-state index in [2.05, 4.69) is 21.3 Å². The van der Waals surface area contributed by atoms with E-state index in [4.69, 9.17) is 30.7 Å². The standard InChI is InChI=1S/C47H56FN9O11/c1-7-47(65)30-16-35-39-28(19-57(35)42(60)29(30)21-67-43(47)61)37-32(13-12-27-23(4)31(48)17-34(53-39)36(27)37)55-45(63)68-20-24-10-11-26(15-25(24)18-56(5)46(64)66-6)52-40(58)33(9-8-14-51-44(50)62)54-41(59)38(49)22(2)3/h10-11,15-17,22,32-33,38,65H,7-9,12-14,18-21,49H2,1-6H3,(H,52,58)(H,54,59)(H,55,63)(H3,50,51,62)/t32-,33-,38-,47-/m0/s1. The van der Waals surface area contributed by atoms with Crippen molar-refractivity contribution in [2.75, 3.05) is 26.0 Å². The summed E-state index contributed by atoms with van der Waals surface area (Å²) in [6, 6.07) is 4.32. The number of carbonyl (C=O) groups is 6. The SMILES string of the molecule is CC[C@@]1(O)C(=O)OCc2c1cc1n(c2=O)Cc2c-1nc1cc(F)c(C)c3c1c2[C@@H](NC(=O)OCc1ccc(NC(=O)[C@H](CCCNC(N)=O)NC(=O)[C@@H](N)C(C)C)cc1CN(C)C(=O)OC)CC3. The normalized spacial score (nSPS) is 17.5. The summed E-state index contributed by atoms with van der Waals surface area (Å²) in [5.74, 6) is -2.66. The highest BCUT2D eigenvalue weighted by molar-refractivity contribution is 5.98. The van der Waals surface area contributed by atoms with Crippen LogP contribution in [0.5, 0.6) is 0 Å². The molecular formula is C47H56FN9O11. The van der Waals surface area contributed by atoms with Crippen molar-refractivity contribution in [3.8, 4) is 11.4 Å². The molecule has 0 fully saturated rings. The van der Waals surface area contributed by atoms with E-state index < -0.39 is 71.1 Å². The maximum atomic E-state index is 15.5. The molecule has 362 valence electrons. The van der Waals surface area contributed by atoms with Crippen LogP contribution < -0.4 is 38.3 Å². The maximum absolute atomic E-state index is 15.5. The Hall–Kier alpha value is -7.13. The lowest BCUT2D eigenvalue weighted by atomic mass is 9.81. The minimum Gasteiger partial charge on any atom is -0.458 e. The molecule has 0 unspecified atom stereocenters. The largest absolute Gasteiger partial charge is 0.458 e. The highest BCUT2D eigenvalue weighted by Gasteiger charge is 2.46. The number of aliphatic hydroxyl groups is 1. The number of cyclic esters (lactones) is 1. The van der Waals surface area contributed by atoms with Gasteiger partial charge in [-0.1, -0.05) is 26.8 Å². The molecule has 0 saturated carbocycles. The molecule has 7 rings (SSSR count). The summed E-state index contributed by atoms with van der Waals surface area (Å²) in [6.07, 6.45) is -0.359. The number of nitrogens with one attached hydrogen (secondary N) is 4. The Morgan fingerprint density at radius 1 is 1.09 bits per heavy atom. The van der Waals surface area contributed by atoms with Gasteiger partial charge in [0.25, 0.3) is 5.56 Å². The van der Waals surface area contributed by atoms with E-state index in [1.54, 1.807) is 52.0 Å². The Morgan fingerprint density at radius 3 is 2.53 bits per heavy atom. The van der Waals surface area contributed by atoms with Crippen LogP contribution in [0, 0.1) is 18.7 Å². The lowest BCUT2D eigenvalue weighted by Crippen LogP contribution is -2.51. The zero-order chi connectivity index (χ0) is 49.4. The van der Waals surface area contributed by atoms with Crippen molar-refractivity contribution in [1.29, 1.82) is 0 Å². The van der Waals surface area contributed by atoms with Gasteiger partial charge in [0, 0.05) is 48.4 Å². The van der Waals surface area contributed by atoms with Crippen molar-refractivity contribution in [3.05, 3.63) is 91.0 Å². The molecule has 6 amide bonds. The van der Waals surface area contributed by atoms with Gasteiger partial charge in [-0.25, -0.2) is 28.6 Å². The minimum atomic E-state index is -2.06. The molecule has 2 aromatic carbocycles. The fourth-order valence-electron chi connectivity index (χ4n) is 9.08. The molecule has 0 spiro atoms. The summed E-state index contributed by atoms with van der Waals surface area (Å²) in [4.78, 5) is 97.2. The number of rotatable bonds is 15. The van der Waals surface area contributed by atoms with Gasteiger partial charge in [-0.3, -0.25) is 14.4 Å². The topological polar surface area (TPSA) is 289 Å². The number of halogens is 1. The quantitative estimate of drug-likeness (QED) is 0.0450. The monoisotopic (exact) mass is 941 g/mol. The van der Waals surface area contributed by atoms with Crippen molar-refractivity contribution in [3.63, 3.8) is 0 Å². The minimum absolute atomic E-state index is 0.0331. The molecule has 4 heterocycles. The molecule has 20 nitrogen and oxygen atoms in total. The third-order valence-electron chi connectivity index (χ3n) is 13.0. The van der Waals surface area contributed by atoms with E-state index in [0.717, 1.165) is 5.56 Å². The molecule has 21 heteroatoms. The second-order valence-electron chi connectivity index (χ2n) is 17.7. The van der Waals surface area contributed by atoms with Crippen LogP contribution in [0.2, 0.25) is 0 Å². The van der Waals surface area contributed by atoms with Gasteiger partial charge >= 0.3 is 24.2 Å². The fourth-order valence-corrected chi connectivity index (χ4v) is 9.08. The van der Waals surface area contributed by atoms with Crippen LogP contribution in [0.15, 0.2) is 35.1 Å². The Bertz CT molecular complexity index is 2800. The number of urea groups is 1. The summed E-state index contributed by atoms with van der Waals surface area (Å²) >= 11 is 0. The smallest absolute Gasteiger partial charge is 0.409 e. The number of benzene rings is 2. The third-order valence-corrected chi connectivity index (χ3v) is 13.0. The van der Waals surface area contributed by atoms with E-state index in [9.17, 15) is 38.7 Å². The Kier molecular flexibility index (Phi) is 14.1. The molecule has 0 radical (unpaired) electrons. The molecule has 3 aliphatic rings. The van der Waals surface area contributed by atoms with Gasteiger partial charge in [0.15, 0.2) is 5.60 Å². The van der Waals surface area contributed by atoms with Gasteiger partial charge in [0.1, 0.15) is 25.1 Å². The number of hydrogen-bond donors (Lipinski definition) is 7. The third kappa shape index (κ3) is 9.39. The highest BCUT2D eigenvalue weighted by Crippen LogP contribution is 2.46. The first-order chi connectivity index (χ1) is 32.3. The number of primary amides is 1. The number of nitrogens with two attached hydrogens (primary N) is 2. The predicted octanol–water partition coefficient (Wildman–Crippen LogP) is 3.49. The summed E-state index contributed by atoms with van der Waals surface area (Å²) in [5, 5.41) is 23.0. The second-order valence-corrected chi connectivity index (χ2v) is 17.7. The van der Waals surface area contributed by atoms with Gasteiger partial charge in [-0.05, 0) is 91.0 Å². The first kappa shape index (κ1) is 48.8. The number of aryl methyl sites for hydroxylation is 1. The Labute approximate surface area is 390 Å². The van der Waals surface area contributed by atoms with E-state index in [-0.39, 0.29) is 62.7 Å². The number of hydrogen-bond acceptors (Lipinski definition) is 13. The summed E-state index contributed by atoms with van der Waals surface area (Å²) < 4.78 is 32.9. The summed E-state index contributed by atoms with van der Waals surface area (Å²) in [5.41, 5.74) is 13.6. The number of fused-ring (bicyclic) bond motifs is 5. The van der Waals surface area contributed by atoms with E-state index in [0.29, 0.717) is 75.1 Å². The van der Waals surface area contributed by atoms with E-state index in [1.807, 2.05) is 0 Å². The van der Waals surface area contributed by atoms with Gasteiger partial charge in [-0.15, -0.1) is 0 Å². The van der Waals surface area contributed by atoms with Crippen LogP contribution in [-0.2, 0) is 66.9 Å². The Balaban J connectivity index is 1.15. The lowest BCUT2D eigenvalue weighted by molar-refractivity contribution is -0.172. The number of ether oxygens (including phenoxy) is 3. The van der Waals surface area contributed by atoms with Gasteiger partial charge in [0.05, 0.1) is 48.2 Å². The molecule has 2 aliphatic heterocycles. The van der Waals surface area contributed by atoms with Crippen LogP contribution in [0.25, 0.3) is 22.3 Å². The van der Waals surface area contributed by atoms with Crippen LogP contribution in [0.3, 0.4) is 0 Å². The lowest BCUT2D eigenvalue weighted by Gasteiger charge is -2.31. The van der Waals surface area contributed by atoms with Crippen LogP contribution in [0.1, 0.15) is 97.0 Å². The molecule has 4 atom stereocenters. The van der Waals surface area contributed by atoms with Gasteiger partial charge < -0.3 is 61.5 Å². The molecule has 4 aromatic rings. The van der Waals surface area contributed by atoms with Crippen LogP contribution in [0.4, 0.5) is 24.5 Å². The highest BCUT2D eigenvalue weighted by atomic mass is 19.1. The van der Waals surface area contributed by atoms with Crippen molar-refractivity contribution >= 4 is 52.6 Å². The molecule has 1 aliphatic carbocycles. The zero-order valence-electron chi connectivity index (χ0n) is 38.7. The van der Waals surface area contributed by atoms with Crippen molar-refractivity contribution in [1.82, 2.24) is 30.4 Å². The second kappa shape index (κ2) is 19.6. The maximum Gasteiger partial charge on any atom is 0.409 e. The first-order valence-electron chi connectivity index (χ1n) is 22.3. The predicted molar refractivity (Wildman–Crippen MR) is 244 cm³/mol. The zero-order valence-corrected chi connectivity index (χ0v) is 38.7. The van der Waals surface area contributed by atoms with Crippen molar-refractivity contribution in [2.45, 2.75) is 110 Å². The number of esters is 1. The fraction of sp³-hybridized carbons (Fsp3) is 0.447. The Morgan fingerprint density at radius 2 is 1.84 bits per heavy atom. The number of alkyl carbamates (subject to hydrolysis) is 1. The average molecular weight is 942 g/mol. The molecule has 0 bridgehead atoms. The number of nitrogens with zero attached hydrogens (tertiary/aromatic N) is 3. The molecule has 9 N–H and O–H groups in total. The van der Waals surface area contributed by atoms with E-state index in [1.165, 1.54) is 29.7 Å². The van der Waals surface area contributed by atoms with Gasteiger partial charge in [-0.2, -0.15) is 0 Å². The summed E-state index contributed by atoms with van der Waals surface area (Å²) in [7, 11) is 2.72. The van der Waals surface area contributed by atoms with Crippen LogP contribution in [-0.4, -0.2) is 88.3 Å². The average Bonchev–Trinajstić information content (AvgIpc) is 3.68. The molecule has 0 saturated heterocycles. The van der Waals surface area contributed by atoms with Crippen molar-refractivity contribution in [2.24, 2.45) is 17.4 Å². The summed E-state index contributed by atoms with van der Waals surface area (Å²) in [6.45, 7) is 6.39. The van der Waals surface area contributed by atoms with Crippen molar-refractivity contribution < 1.29 is 52.5 Å². The number of amides is 6. The first-order valence-corrected chi connectivity index (χ1v) is 22.3. The molecular weight excluding hydrogens is 886 g/mol. The number of aromatic nitrogens is 2. The van der Waals surface area contributed by atoms with Gasteiger partial charge in [0.2, 0.25) is 11.8 Å². The molecule has 2 aromatic heterocycles. The van der Waals surface area contributed by atoms with Crippen LogP contribution >= 0.6 is 0 Å². The van der Waals surface area contributed by atoms with E-state index >= 15 is 4.39 Å².